The minimum Gasteiger partial charge on any atom is -0.300 e. The highest BCUT2D eigenvalue weighted by Crippen LogP contribution is 2.25. The molecule has 0 amide bonds. The molecule has 0 spiro atoms. The van der Waals surface area contributed by atoms with Crippen LogP contribution in [-0.4, -0.2) is 16.5 Å². The molecule has 0 saturated carbocycles. The number of nitrogens with zero attached hydrogens (tertiary/aromatic N) is 1. The summed E-state index contributed by atoms with van der Waals surface area (Å²) in [6, 6.07) is 12.9. The van der Waals surface area contributed by atoms with Crippen LogP contribution < -0.4 is 0 Å². The summed E-state index contributed by atoms with van der Waals surface area (Å²) in [7, 11) is 0. The largest absolute Gasteiger partial charge is 0.300 e. The number of carbonyl (C=O) groups is 2. The lowest BCUT2D eigenvalue weighted by molar-refractivity contribution is -0.385. The molecule has 2 aromatic rings. The summed E-state index contributed by atoms with van der Waals surface area (Å²) in [6.45, 7) is 3.76. The van der Waals surface area contributed by atoms with Crippen LogP contribution in [0.15, 0.2) is 53.0 Å². The Morgan fingerprint density at radius 2 is 1.62 bits per heavy atom. The molecule has 5 nitrogen and oxygen atoms in total. The predicted molar refractivity (Wildman–Crippen MR) is 96.3 cm³/mol. The maximum Gasteiger partial charge on any atom is 0.281 e. The molecule has 0 saturated heterocycles. The molecule has 0 radical (unpaired) electrons. The Hall–Kier alpha value is -2.34. The fraction of sp³-hybridized carbons (Fsp3) is 0.222. The monoisotopic (exact) mass is 391 g/mol. The number of carbonyl (C=O) groups excluding carboxylic acids is 2. The number of Topliss-reactive ketones (excluding diaryl/α,β-unsaturated/α-hetero) is 1. The molecular weight excluding hydrogens is 374 g/mol. The van der Waals surface area contributed by atoms with Gasteiger partial charge in [0, 0.05) is 28.9 Å². The number of benzene rings is 2. The Balaban J connectivity index is 0.000000413. The van der Waals surface area contributed by atoms with Crippen LogP contribution in [0, 0.1) is 10.1 Å². The molecule has 0 bridgehead atoms. The van der Waals surface area contributed by atoms with Crippen molar-refractivity contribution < 1.29 is 14.5 Å². The van der Waals surface area contributed by atoms with E-state index < -0.39 is 4.92 Å². The van der Waals surface area contributed by atoms with Crippen molar-refractivity contribution in [2.75, 3.05) is 0 Å². The van der Waals surface area contributed by atoms with Crippen LogP contribution in [0.25, 0.3) is 0 Å². The number of hydrogen-bond donors (Lipinski definition) is 0. The maximum atomic E-state index is 12.2. The van der Waals surface area contributed by atoms with E-state index in [0.29, 0.717) is 28.7 Å². The van der Waals surface area contributed by atoms with Gasteiger partial charge in [0.1, 0.15) is 11.3 Å². The van der Waals surface area contributed by atoms with Gasteiger partial charge in [-0.05, 0) is 12.1 Å². The molecule has 0 aromatic heterocycles. The molecule has 0 heterocycles. The highest BCUT2D eigenvalue weighted by Gasteiger charge is 2.21. The summed E-state index contributed by atoms with van der Waals surface area (Å²) in [5, 5.41) is 10.9. The molecule has 0 fully saturated rings. The summed E-state index contributed by atoms with van der Waals surface area (Å²) in [5.41, 5.74) is 0.329. The normalized spacial score (nSPS) is 9.62. The molecule has 0 atom stereocenters. The van der Waals surface area contributed by atoms with Crippen LogP contribution in [0.2, 0.25) is 0 Å². The van der Waals surface area contributed by atoms with Crippen LogP contribution in [-0.2, 0) is 4.79 Å². The molecule has 6 heteroatoms. The smallest absolute Gasteiger partial charge is 0.281 e. The standard InChI is InChI=1S/C13H8BrNO3.C5H10O/c14-10-6-7-11(12(8-10)15(17)18)13(16)9-4-2-1-3-5-9;1-3-5(6)4-2/h1-8H;3-4H2,1-2H3. The van der Waals surface area contributed by atoms with Crippen molar-refractivity contribution in [2.24, 2.45) is 0 Å². The van der Waals surface area contributed by atoms with E-state index in [4.69, 9.17) is 0 Å². The van der Waals surface area contributed by atoms with Gasteiger partial charge in [0.05, 0.1) is 4.92 Å². The first-order valence-electron chi connectivity index (χ1n) is 7.46. The third kappa shape index (κ3) is 5.70. The van der Waals surface area contributed by atoms with E-state index in [2.05, 4.69) is 15.9 Å². The maximum absolute atomic E-state index is 12.2. The predicted octanol–water partition coefficient (Wildman–Crippen LogP) is 4.96. The van der Waals surface area contributed by atoms with Gasteiger partial charge in [-0.1, -0.05) is 60.1 Å². The molecule has 0 aliphatic carbocycles. The minimum atomic E-state index is -0.555. The van der Waals surface area contributed by atoms with E-state index in [9.17, 15) is 19.7 Å². The Labute approximate surface area is 149 Å². The number of nitro benzene ring substituents is 1. The third-order valence-electron chi connectivity index (χ3n) is 3.23. The first kappa shape index (κ1) is 19.7. The number of halogens is 1. The Morgan fingerprint density at radius 1 is 1.04 bits per heavy atom. The summed E-state index contributed by atoms with van der Waals surface area (Å²) in [5.74, 6) is -0.00944. The van der Waals surface area contributed by atoms with Gasteiger partial charge in [-0.15, -0.1) is 0 Å². The van der Waals surface area contributed by atoms with Crippen molar-refractivity contribution in [3.63, 3.8) is 0 Å². The Morgan fingerprint density at radius 3 is 2.08 bits per heavy atom. The van der Waals surface area contributed by atoms with Crippen LogP contribution in [0.3, 0.4) is 0 Å². The van der Waals surface area contributed by atoms with Gasteiger partial charge in [0.2, 0.25) is 0 Å². The number of nitro groups is 1. The van der Waals surface area contributed by atoms with E-state index in [1.54, 1.807) is 36.4 Å². The lowest BCUT2D eigenvalue weighted by Crippen LogP contribution is -2.05. The van der Waals surface area contributed by atoms with Crippen molar-refractivity contribution in [2.45, 2.75) is 26.7 Å². The number of rotatable bonds is 5. The van der Waals surface area contributed by atoms with Gasteiger partial charge in [-0.3, -0.25) is 19.7 Å². The lowest BCUT2D eigenvalue weighted by atomic mass is 10.0. The minimum absolute atomic E-state index is 0.0920. The summed E-state index contributed by atoms with van der Waals surface area (Å²) >= 11 is 3.15. The Bertz CT molecular complexity index is 723. The van der Waals surface area contributed by atoms with Gasteiger partial charge in [-0.25, -0.2) is 0 Å². The van der Waals surface area contributed by atoms with Crippen molar-refractivity contribution in [1.82, 2.24) is 0 Å². The van der Waals surface area contributed by atoms with Crippen molar-refractivity contribution in [3.8, 4) is 0 Å². The highest BCUT2D eigenvalue weighted by molar-refractivity contribution is 9.10. The zero-order valence-corrected chi connectivity index (χ0v) is 15.1. The zero-order valence-electron chi connectivity index (χ0n) is 13.5. The SMILES string of the molecule is CCC(=O)CC.O=C(c1ccccc1)c1ccc(Br)cc1[N+](=O)[O-]. The second-order valence-electron chi connectivity index (χ2n) is 4.86. The lowest BCUT2D eigenvalue weighted by Gasteiger charge is -2.03. The summed E-state index contributed by atoms with van der Waals surface area (Å²) in [4.78, 5) is 32.7. The fourth-order valence-corrected chi connectivity index (χ4v) is 2.19. The Kier molecular flexibility index (Phi) is 7.98. The molecule has 24 heavy (non-hydrogen) atoms. The van der Waals surface area contributed by atoms with Gasteiger partial charge in [0.15, 0.2) is 5.78 Å². The average Bonchev–Trinajstić information content (AvgIpc) is 2.61. The van der Waals surface area contributed by atoms with Crippen molar-refractivity contribution >= 4 is 33.2 Å². The second-order valence-corrected chi connectivity index (χ2v) is 5.78. The van der Waals surface area contributed by atoms with Crippen molar-refractivity contribution in [1.29, 1.82) is 0 Å². The zero-order chi connectivity index (χ0) is 18.1. The van der Waals surface area contributed by atoms with Gasteiger partial charge in [-0.2, -0.15) is 0 Å². The first-order chi connectivity index (χ1) is 11.4. The van der Waals surface area contributed by atoms with Crippen LogP contribution in [0.1, 0.15) is 42.6 Å². The molecular formula is C18H18BrNO4. The van der Waals surface area contributed by atoms with Gasteiger partial charge < -0.3 is 0 Å². The van der Waals surface area contributed by atoms with Crippen LogP contribution >= 0.6 is 15.9 Å². The third-order valence-corrected chi connectivity index (χ3v) is 3.72. The number of hydrogen-bond acceptors (Lipinski definition) is 4. The molecule has 0 aliphatic rings. The number of ketones is 2. The van der Waals surface area contributed by atoms with Gasteiger partial charge in [0.25, 0.3) is 5.69 Å². The van der Waals surface area contributed by atoms with Gasteiger partial charge >= 0.3 is 0 Å². The topological polar surface area (TPSA) is 77.3 Å². The molecule has 126 valence electrons. The second kappa shape index (κ2) is 9.72. The molecule has 0 N–H and O–H groups in total. The highest BCUT2D eigenvalue weighted by atomic mass is 79.9. The van der Waals surface area contributed by atoms with Crippen molar-refractivity contribution in [3.05, 3.63) is 74.2 Å². The van der Waals surface area contributed by atoms with Crippen LogP contribution in [0.4, 0.5) is 5.69 Å². The average molecular weight is 392 g/mol. The first-order valence-corrected chi connectivity index (χ1v) is 8.25. The molecule has 2 rings (SSSR count). The molecule has 2 aromatic carbocycles. The molecule has 0 unspecified atom stereocenters. The van der Waals surface area contributed by atoms with E-state index in [1.807, 2.05) is 13.8 Å². The van der Waals surface area contributed by atoms with Crippen LogP contribution in [0.5, 0.6) is 0 Å². The van der Waals surface area contributed by atoms with E-state index in [-0.39, 0.29) is 17.0 Å². The van der Waals surface area contributed by atoms with E-state index in [0.717, 1.165) is 0 Å². The fourth-order valence-electron chi connectivity index (χ4n) is 1.84. The van der Waals surface area contributed by atoms with E-state index in [1.165, 1.54) is 12.1 Å². The quantitative estimate of drug-likeness (QED) is 0.409. The summed E-state index contributed by atoms with van der Waals surface area (Å²) in [6.07, 6.45) is 1.38. The molecule has 0 aliphatic heterocycles. The van der Waals surface area contributed by atoms with E-state index >= 15 is 0 Å². The summed E-state index contributed by atoms with van der Waals surface area (Å²) < 4.78 is 0.568.